The maximum absolute atomic E-state index is 13.1. The number of halogens is 4. The van der Waals surface area contributed by atoms with Gasteiger partial charge in [0.15, 0.2) is 5.16 Å². The molecule has 1 heterocycles. The van der Waals surface area contributed by atoms with Crippen LogP contribution in [0.15, 0.2) is 29.4 Å². The van der Waals surface area contributed by atoms with Gasteiger partial charge in [-0.25, -0.2) is 9.97 Å². The number of carbonyl (C=O) groups is 1. The third kappa shape index (κ3) is 5.13. The normalized spacial score (nSPS) is 12.7. The van der Waals surface area contributed by atoms with E-state index in [4.69, 9.17) is 23.1 Å². The Morgan fingerprint density at radius 3 is 2.40 bits per heavy atom. The molecular formula is C14H13ClF3N5OS. The van der Waals surface area contributed by atoms with Crippen LogP contribution in [-0.2, 0) is 11.0 Å². The average Bonchev–Trinajstić information content (AvgIpc) is 2.46. The Bertz CT molecular complexity index is 782. The number of rotatable bonds is 4. The lowest BCUT2D eigenvalue weighted by molar-refractivity contribution is -0.137. The van der Waals surface area contributed by atoms with Crippen LogP contribution in [0.5, 0.6) is 0 Å². The van der Waals surface area contributed by atoms with Crippen LogP contribution in [0.3, 0.4) is 0 Å². The fourth-order valence-electron chi connectivity index (χ4n) is 1.82. The largest absolute Gasteiger partial charge is 0.418 e. The fourth-order valence-corrected chi connectivity index (χ4v) is 2.79. The Balaban J connectivity index is 2.16. The van der Waals surface area contributed by atoms with Crippen LogP contribution in [0, 0.1) is 0 Å². The minimum absolute atomic E-state index is 0.0867. The number of alkyl halides is 3. The summed E-state index contributed by atoms with van der Waals surface area (Å²) in [5.41, 5.74) is 9.65. The first-order valence-electron chi connectivity index (χ1n) is 6.80. The molecule has 0 fully saturated rings. The van der Waals surface area contributed by atoms with Gasteiger partial charge in [0.25, 0.3) is 0 Å². The molecule has 1 unspecified atom stereocenters. The molecule has 25 heavy (non-hydrogen) atoms. The Hall–Kier alpha value is -2.20. The van der Waals surface area contributed by atoms with Gasteiger partial charge in [-0.1, -0.05) is 23.4 Å². The molecule has 1 amide bonds. The van der Waals surface area contributed by atoms with Crippen molar-refractivity contribution < 1.29 is 18.0 Å². The van der Waals surface area contributed by atoms with Gasteiger partial charge >= 0.3 is 6.18 Å². The van der Waals surface area contributed by atoms with Gasteiger partial charge in [0.2, 0.25) is 5.91 Å². The molecule has 0 radical (unpaired) electrons. The van der Waals surface area contributed by atoms with Crippen LogP contribution in [0.4, 0.5) is 30.5 Å². The van der Waals surface area contributed by atoms with Crippen LogP contribution < -0.4 is 16.8 Å². The molecule has 5 N–H and O–H groups in total. The lowest BCUT2D eigenvalue weighted by Gasteiger charge is -2.16. The maximum Gasteiger partial charge on any atom is 0.418 e. The van der Waals surface area contributed by atoms with Crippen molar-refractivity contribution in [3.63, 3.8) is 0 Å². The number of nitrogens with zero attached hydrogens (tertiary/aromatic N) is 2. The van der Waals surface area contributed by atoms with Gasteiger partial charge in [-0.05, 0) is 25.1 Å². The van der Waals surface area contributed by atoms with Crippen molar-refractivity contribution in [2.75, 3.05) is 16.8 Å². The quantitative estimate of drug-likeness (QED) is 0.544. The number of benzene rings is 1. The van der Waals surface area contributed by atoms with E-state index in [-0.39, 0.29) is 27.5 Å². The predicted octanol–water partition coefficient (Wildman–Crippen LogP) is 3.43. The number of hydrogen-bond acceptors (Lipinski definition) is 6. The van der Waals surface area contributed by atoms with E-state index in [9.17, 15) is 18.0 Å². The van der Waals surface area contributed by atoms with Crippen LogP contribution in [-0.4, -0.2) is 21.1 Å². The van der Waals surface area contributed by atoms with E-state index in [1.54, 1.807) is 0 Å². The Morgan fingerprint density at radius 1 is 1.24 bits per heavy atom. The summed E-state index contributed by atoms with van der Waals surface area (Å²) in [4.78, 5) is 20.0. The SMILES string of the molecule is CC(Sc1nc(N)cc(N)n1)C(=O)Nc1ccc(Cl)cc1C(F)(F)F. The zero-order chi connectivity index (χ0) is 18.8. The average molecular weight is 392 g/mol. The van der Waals surface area contributed by atoms with Crippen LogP contribution in [0.25, 0.3) is 0 Å². The van der Waals surface area contributed by atoms with E-state index >= 15 is 0 Å². The minimum Gasteiger partial charge on any atom is -0.383 e. The fraction of sp³-hybridized carbons (Fsp3) is 0.214. The topological polar surface area (TPSA) is 107 Å². The number of amides is 1. The highest BCUT2D eigenvalue weighted by Gasteiger charge is 2.34. The van der Waals surface area contributed by atoms with Crippen molar-refractivity contribution in [1.29, 1.82) is 0 Å². The number of carbonyl (C=O) groups excluding carboxylic acids is 1. The highest BCUT2D eigenvalue weighted by molar-refractivity contribution is 8.00. The van der Waals surface area contributed by atoms with E-state index in [2.05, 4.69) is 15.3 Å². The summed E-state index contributed by atoms with van der Waals surface area (Å²) in [5.74, 6) is -0.415. The van der Waals surface area contributed by atoms with Gasteiger partial charge in [-0.15, -0.1) is 0 Å². The predicted molar refractivity (Wildman–Crippen MR) is 91.3 cm³/mol. The second kappa shape index (κ2) is 7.36. The van der Waals surface area contributed by atoms with Crippen molar-refractivity contribution in [1.82, 2.24) is 9.97 Å². The number of nitrogens with two attached hydrogens (primary N) is 2. The molecular weight excluding hydrogens is 379 g/mol. The molecule has 11 heteroatoms. The third-order valence-electron chi connectivity index (χ3n) is 2.94. The Morgan fingerprint density at radius 2 is 1.84 bits per heavy atom. The second-order valence-corrected chi connectivity index (χ2v) is 6.68. The molecule has 2 aromatic rings. The van der Waals surface area contributed by atoms with Gasteiger partial charge in [0, 0.05) is 11.1 Å². The highest BCUT2D eigenvalue weighted by Crippen LogP contribution is 2.36. The third-order valence-corrected chi connectivity index (χ3v) is 4.14. The first-order valence-corrected chi connectivity index (χ1v) is 8.06. The summed E-state index contributed by atoms with van der Waals surface area (Å²) in [6, 6.07) is 4.44. The molecule has 0 saturated heterocycles. The summed E-state index contributed by atoms with van der Waals surface area (Å²) in [5, 5.41) is 1.50. The lowest BCUT2D eigenvalue weighted by Crippen LogP contribution is -2.24. The summed E-state index contributed by atoms with van der Waals surface area (Å²) in [7, 11) is 0. The number of aromatic nitrogens is 2. The van der Waals surface area contributed by atoms with E-state index in [1.165, 1.54) is 19.1 Å². The monoisotopic (exact) mass is 391 g/mol. The molecule has 2 rings (SSSR count). The zero-order valence-electron chi connectivity index (χ0n) is 12.8. The maximum atomic E-state index is 13.1. The second-order valence-electron chi connectivity index (χ2n) is 4.94. The minimum atomic E-state index is -4.66. The molecule has 1 aromatic heterocycles. The van der Waals surface area contributed by atoms with Gasteiger partial charge in [-0.3, -0.25) is 4.79 Å². The molecule has 0 spiro atoms. The van der Waals surface area contributed by atoms with Gasteiger partial charge in [0.1, 0.15) is 11.6 Å². The van der Waals surface area contributed by atoms with Crippen LogP contribution in [0.2, 0.25) is 5.02 Å². The molecule has 1 aromatic carbocycles. The van der Waals surface area contributed by atoms with E-state index < -0.39 is 22.9 Å². The number of thioether (sulfide) groups is 1. The van der Waals surface area contributed by atoms with E-state index in [0.29, 0.717) is 0 Å². The number of anilines is 3. The molecule has 134 valence electrons. The first kappa shape index (κ1) is 19.1. The number of nitrogen functional groups attached to an aromatic ring is 2. The van der Waals surface area contributed by atoms with Crippen molar-refractivity contribution in [2.24, 2.45) is 0 Å². The van der Waals surface area contributed by atoms with Gasteiger partial charge < -0.3 is 16.8 Å². The first-order chi connectivity index (χ1) is 11.6. The van der Waals surface area contributed by atoms with Crippen molar-refractivity contribution in [3.8, 4) is 0 Å². The molecule has 0 bridgehead atoms. The van der Waals surface area contributed by atoms with Crippen molar-refractivity contribution in [3.05, 3.63) is 34.9 Å². The van der Waals surface area contributed by atoms with Crippen molar-refractivity contribution in [2.45, 2.75) is 23.5 Å². The number of nitrogens with one attached hydrogen (secondary N) is 1. The zero-order valence-corrected chi connectivity index (χ0v) is 14.3. The van der Waals surface area contributed by atoms with E-state index in [1.807, 2.05) is 0 Å². The Kier molecular flexibility index (Phi) is 5.63. The highest BCUT2D eigenvalue weighted by atomic mass is 35.5. The Labute approximate surface area is 150 Å². The van der Waals surface area contributed by atoms with Crippen molar-refractivity contribution >= 4 is 46.6 Å². The van der Waals surface area contributed by atoms with Crippen LogP contribution >= 0.6 is 23.4 Å². The lowest BCUT2D eigenvalue weighted by atomic mass is 10.1. The smallest absolute Gasteiger partial charge is 0.383 e. The molecule has 0 saturated carbocycles. The summed E-state index contributed by atoms with van der Waals surface area (Å²) in [6.07, 6.45) is -4.66. The molecule has 0 aliphatic heterocycles. The van der Waals surface area contributed by atoms with Crippen LogP contribution in [0.1, 0.15) is 12.5 Å². The summed E-state index contributed by atoms with van der Waals surface area (Å²) >= 11 is 6.52. The molecule has 0 aliphatic rings. The van der Waals surface area contributed by atoms with Gasteiger partial charge in [0.05, 0.1) is 16.5 Å². The van der Waals surface area contributed by atoms with E-state index in [0.717, 1.165) is 23.9 Å². The molecule has 6 nitrogen and oxygen atoms in total. The summed E-state index contributed by atoms with van der Waals surface area (Å²) < 4.78 is 39.2. The van der Waals surface area contributed by atoms with Gasteiger partial charge in [-0.2, -0.15) is 13.2 Å². The molecule has 0 aliphatic carbocycles. The standard InChI is InChI=1S/C14H13ClF3N5OS/c1-6(25-13-22-10(19)5-11(20)23-13)12(24)21-9-3-2-7(15)4-8(9)14(16,17)18/h2-6H,1H3,(H,21,24)(H4,19,20,22,23). The molecule has 1 atom stereocenters. The number of hydrogen-bond donors (Lipinski definition) is 3. The summed E-state index contributed by atoms with van der Waals surface area (Å²) in [6.45, 7) is 1.49.